The maximum Gasteiger partial charge on any atom is 0.227 e. The van der Waals surface area contributed by atoms with E-state index in [1.54, 1.807) is 24.3 Å². The number of ether oxygens (including phenoxy) is 2. The number of aryl methyl sites for hydroxylation is 1. The Morgan fingerprint density at radius 3 is 2.42 bits per heavy atom. The molecule has 0 radical (unpaired) electrons. The lowest BCUT2D eigenvalue weighted by atomic mass is 10.2. The summed E-state index contributed by atoms with van der Waals surface area (Å²) in [6, 6.07) is 6.59. The van der Waals surface area contributed by atoms with Crippen molar-refractivity contribution >= 4 is 9.84 Å². The van der Waals surface area contributed by atoms with Gasteiger partial charge in [0.15, 0.2) is 0 Å². The summed E-state index contributed by atoms with van der Waals surface area (Å²) in [5.41, 5.74) is 0.984. The first-order valence-corrected chi connectivity index (χ1v) is 9.00. The van der Waals surface area contributed by atoms with Crippen LogP contribution in [-0.2, 0) is 25.9 Å². The summed E-state index contributed by atoms with van der Waals surface area (Å²) in [5.74, 6) is 0. The Bertz CT molecular complexity index is 728. The van der Waals surface area contributed by atoms with Crippen molar-refractivity contribution in [3.63, 3.8) is 0 Å². The van der Waals surface area contributed by atoms with Gasteiger partial charge in [-0.2, -0.15) is 0 Å². The quantitative estimate of drug-likeness (QED) is 0.617. The van der Waals surface area contributed by atoms with Gasteiger partial charge in [-0.25, -0.2) is 13.1 Å². The fourth-order valence-corrected chi connectivity index (χ4v) is 3.04. The first-order chi connectivity index (χ1) is 11.5. The lowest BCUT2D eigenvalue weighted by molar-refractivity contribution is 0.0302. The molecule has 0 spiro atoms. The molecule has 9 heteroatoms. The number of benzene rings is 1. The van der Waals surface area contributed by atoms with E-state index in [1.807, 2.05) is 6.92 Å². The van der Waals surface area contributed by atoms with Crippen LogP contribution in [0.2, 0.25) is 0 Å². The van der Waals surface area contributed by atoms with E-state index in [0.29, 0.717) is 26.4 Å². The van der Waals surface area contributed by atoms with E-state index in [2.05, 4.69) is 10.3 Å². The molecular weight excluding hydrogens is 334 g/mol. The minimum absolute atomic E-state index is 0.0167. The molecule has 1 aromatic heterocycles. The van der Waals surface area contributed by atoms with Gasteiger partial charge in [0, 0.05) is 0 Å². The molecule has 0 saturated heterocycles. The van der Waals surface area contributed by atoms with E-state index in [9.17, 15) is 8.42 Å². The van der Waals surface area contributed by atoms with Gasteiger partial charge in [-0.1, -0.05) is 22.9 Å². The van der Waals surface area contributed by atoms with Gasteiger partial charge in [0.2, 0.25) is 14.9 Å². The molecule has 0 atom stereocenters. The molecular formula is C15H21N3O5S. The largest absolute Gasteiger partial charge is 0.394 e. The second-order valence-electron chi connectivity index (χ2n) is 5.08. The highest BCUT2D eigenvalue weighted by atomic mass is 32.2. The van der Waals surface area contributed by atoms with Crippen LogP contribution in [0.5, 0.6) is 0 Å². The number of hydrogen-bond acceptors (Lipinski definition) is 7. The van der Waals surface area contributed by atoms with Crippen LogP contribution in [-0.4, -0.2) is 61.6 Å². The summed E-state index contributed by atoms with van der Waals surface area (Å²) in [7, 11) is -3.66. The van der Waals surface area contributed by atoms with Crippen LogP contribution in [0, 0.1) is 6.92 Å². The van der Waals surface area contributed by atoms with Gasteiger partial charge < -0.3 is 14.6 Å². The first kappa shape index (κ1) is 18.5. The zero-order valence-electron chi connectivity index (χ0n) is 13.5. The second kappa shape index (κ2) is 8.88. The van der Waals surface area contributed by atoms with Crippen molar-refractivity contribution in [3.05, 3.63) is 36.0 Å². The molecule has 2 rings (SSSR count). The monoisotopic (exact) mass is 355 g/mol. The Labute approximate surface area is 140 Å². The third-order valence-electron chi connectivity index (χ3n) is 3.20. The topological polar surface area (TPSA) is 104 Å². The Morgan fingerprint density at radius 1 is 1.08 bits per heavy atom. The zero-order chi connectivity index (χ0) is 17.4. The van der Waals surface area contributed by atoms with Gasteiger partial charge in [0.25, 0.3) is 0 Å². The maximum absolute atomic E-state index is 12.5. The van der Waals surface area contributed by atoms with Gasteiger partial charge in [0.05, 0.1) is 50.7 Å². The van der Waals surface area contributed by atoms with Crippen LogP contribution in [0.3, 0.4) is 0 Å². The fourth-order valence-electron chi connectivity index (χ4n) is 1.90. The number of rotatable bonds is 10. The van der Waals surface area contributed by atoms with Gasteiger partial charge in [-0.15, -0.1) is 5.10 Å². The highest BCUT2D eigenvalue weighted by Gasteiger charge is 2.21. The number of hydrogen-bond donors (Lipinski definition) is 1. The molecule has 0 aliphatic carbocycles. The number of aliphatic hydroxyl groups is 1. The standard InChI is InChI=1S/C15H21N3O5S/c1-13-2-4-14(5-3-13)24(20,21)15-12-18(17-16-15)6-8-22-10-11-23-9-7-19/h2-5,12,19H,6-11H2,1H3. The van der Waals surface area contributed by atoms with E-state index in [1.165, 1.54) is 10.9 Å². The van der Waals surface area contributed by atoms with Crippen molar-refractivity contribution in [2.75, 3.05) is 33.0 Å². The molecule has 0 fully saturated rings. The van der Waals surface area contributed by atoms with Crippen LogP contribution >= 0.6 is 0 Å². The van der Waals surface area contributed by atoms with Gasteiger partial charge in [0.1, 0.15) is 0 Å². The molecule has 1 heterocycles. The average molecular weight is 355 g/mol. The average Bonchev–Trinajstić information content (AvgIpc) is 3.04. The van der Waals surface area contributed by atoms with E-state index in [-0.39, 0.29) is 23.1 Å². The molecule has 0 saturated carbocycles. The third kappa shape index (κ3) is 5.10. The van der Waals surface area contributed by atoms with Crippen molar-refractivity contribution in [1.82, 2.24) is 15.0 Å². The second-order valence-corrected chi connectivity index (χ2v) is 6.98. The minimum Gasteiger partial charge on any atom is -0.394 e. The van der Waals surface area contributed by atoms with Gasteiger partial charge in [-0.3, -0.25) is 0 Å². The lowest BCUT2D eigenvalue weighted by Gasteiger charge is -2.04. The van der Waals surface area contributed by atoms with Gasteiger partial charge in [-0.05, 0) is 19.1 Å². The molecule has 1 aromatic carbocycles. The highest BCUT2D eigenvalue weighted by Crippen LogP contribution is 2.18. The smallest absolute Gasteiger partial charge is 0.227 e. The van der Waals surface area contributed by atoms with E-state index >= 15 is 0 Å². The predicted octanol–water partition coefficient (Wildman–Crippen LogP) is 0.445. The summed E-state index contributed by atoms with van der Waals surface area (Å²) in [5, 5.41) is 16.0. The SMILES string of the molecule is Cc1ccc(S(=O)(=O)c2cn(CCOCCOCCO)nn2)cc1. The number of aliphatic hydroxyl groups excluding tert-OH is 1. The summed E-state index contributed by atoms with van der Waals surface area (Å²) in [6.45, 7) is 3.69. The zero-order valence-corrected chi connectivity index (χ0v) is 14.3. The Morgan fingerprint density at radius 2 is 1.75 bits per heavy atom. The van der Waals surface area contributed by atoms with Crippen molar-refractivity contribution in [2.45, 2.75) is 23.4 Å². The molecule has 8 nitrogen and oxygen atoms in total. The van der Waals surface area contributed by atoms with Crippen molar-refractivity contribution in [1.29, 1.82) is 0 Å². The summed E-state index contributed by atoms with van der Waals surface area (Å²) in [6.07, 6.45) is 1.39. The van der Waals surface area contributed by atoms with Crippen LogP contribution in [0.15, 0.2) is 40.4 Å². The molecule has 2 aromatic rings. The maximum atomic E-state index is 12.5. The Kier molecular flexibility index (Phi) is 6.85. The van der Waals surface area contributed by atoms with Crippen molar-refractivity contribution < 1.29 is 23.0 Å². The Hall–Kier alpha value is -1.81. The summed E-state index contributed by atoms with van der Waals surface area (Å²) < 4.78 is 36.7. The molecule has 0 bridgehead atoms. The van der Waals surface area contributed by atoms with Crippen molar-refractivity contribution in [2.24, 2.45) is 0 Å². The van der Waals surface area contributed by atoms with Crippen molar-refractivity contribution in [3.8, 4) is 0 Å². The lowest BCUT2D eigenvalue weighted by Crippen LogP contribution is -2.11. The molecule has 0 aliphatic rings. The predicted molar refractivity (Wildman–Crippen MR) is 85.4 cm³/mol. The van der Waals surface area contributed by atoms with Crippen LogP contribution in [0.4, 0.5) is 0 Å². The summed E-state index contributed by atoms with van der Waals surface area (Å²) in [4.78, 5) is 0.192. The van der Waals surface area contributed by atoms with Crippen LogP contribution in [0.1, 0.15) is 5.56 Å². The van der Waals surface area contributed by atoms with Gasteiger partial charge >= 0.3 is 0 Å². The van der Waals surface area contributed by atoms with E-state index in [0.717, 1.165) is 5.56 Å². The van der Waals surface area contributed by atoms with E-state index < -0.39 is 9.84 Å². The number of aromatic nitrogens is 3. The molecule has 0 unspecified atom stereocenters. The highest BCUT2D eigenvalue weighted by molar-refractivity contribution is 7.91. The Balaban J connectivity index is 1.87. The number of nitrogens with zero attached hydrogens (tertiary/aromatic N) is 3. The normalized spacial score (nSPS) is 11.8. The molecule has 0 aliphatic heterocycles. The van der Waals surface area contributed by atoms with E-state index in [4.69, 9.17) is 14.6 Å². The van der Waals surface area contributed by atoms with Crippen LogP contribution in [0.25, 0.3) is 0 Å². The molecule has 1 N–H and O–H groups in total. The molecule has 24 heavy (non-hydrogen) atoms. The van der Waals surface area contributed by atoms with Crippen LogP contribution < -0.4 is 0 Å². The minimum atomic E-state index is -3.66. The molecule has 0 amide bonds. The third-order valence-corrected chi connectivity index (χ3v) is 4.83. The number of sulfone groups is 1. The first-order valence-electron chi connectivity index (χ1n) is 7.52. The summed E-state index contributed by atoms with van der Waals surface area (Å²) >= 11 is 0. The fraction of sp³-hybridized carbons (Fsp3) is 0.467. The molecule has 132 valence electrons.